The standard InChI is InChI=1S/C46H53N7O4/c54-41-12-5-4-11-39(41)40-28-37(29-47-49-40)52-25-19-46(20-26-52,35-8-2-1-3-9-35)44(57)53-31-45(32-53)17-23-50(24-18-45)30-33-15-21-51(22-16-33)36-10-6-7-34(27-36)38-13-14-42(55)48-43(38)56/h1-12,27-29,33,38,54H,13-26,30-32H2,(H,48,55,56). The van der Waals surface area contributed by atoms with Crippen molar-refractivity contribution in [1.82, 2.24) is 25.3 Å². The summed E-state index contributed by atoms with van der Waals surface area (Å²) in [5, 5.41) is 21.5. The normalized spacial score (nSPS) is 22.6. The van der Waals surface area contributed by atoms with Crippen LogP contribution in [0.1, 0.15) is 68.4 Å². The molecule has 0 bridgehead atoms. The quantitative estimate of drug-likeness (QED) is 0.216. The third-order valence-electron chi connectivity index (χ3n) is 13.8. The van der Waals surface area contributed by atoms with E-state index in [0.29, 0.717) is 30.0 Å². The highest BCUT2D eigenvalue weighted by Crippen LogP contribution is 2.46. The Bertz CT molecular complexity index is 2090. The Morgan fingerprint density at radius 1 is 0.772 bits per heavy atom. The summed E-state index contributed by atoms with van der Waals surface area (Å²) in [4.78, 5) is 48.4. The van der Waals surface area contributed by atoms with Crippen molar-refractivity contribution < 1.29 is 19.5 Å². The van der Waals surface area contributed by atoms with Crippen LogP contribution in [0.2, 0.25) is 0 Å². The van der Waals surface area contributed by atoms with Crippen molar-refractivity contribution >= 4 is 29.1 Å². The number of likely N-dealkylation sites (tertiary alicyclic amines) is 2. The largest absolute Gasteiger partial charge is 0.507 e. The van der Waals surface area contributed by atoms with E-state index in [4.69, 9.17) is 0 Å². The second-order valence-corrected chi connectivity index (χ2v) is 17.2. The van der Waals surface area contributed by atoms with Crippen molar-refractivity contribution in [3.8, 4) is 17.0 Å². The zero-order valence-electron chi connectivity index (χ0n) is 32.7. The van der Waals surface area contributed by atoms with Crippen molar-refractivity contribution in [3.63, 3.8) is 0 Å². The molecule has 0 radical (unpaired) electrons. The smallest absolute Gasteiger partial charge is 0.234 e. The topological polar surface area (TPSA) is 122 Å². The van der Waals surface area contributed by atoms with Gasteiger partial charge in [0.25, 0.3) is 0 Å². The molecule has 5 saturated heterocycles. The molecule has 3 aromatic carbocycles. The van der Waals surface area contributed by atoms with E-state index >= 15 is 0 Å². The van der Waals surface area contributed by atoms with Gasteiger partial charge in [-0.25, -0.2) is 0 Å². The molecule has 1 aromatic heterocycles. The highest BCUT2D eigenvalue weighted by molar-refractivity contribution is 6.01. The molecule has 0 aliphatic carbocycles. The van der Waals surface area contributed by atoms with Gasteiger partial charge in [-0.2, -0.15) is 10.2 Å². The Labute approximate surface area is 335 Å². The molecule has 2 N–H and O–H groups in total. The minimum atomic E-state index is -0.553. The van der Waals surface area contributed by atoms with E-state index in [1.807, 2.05) is 36.4 Å². The number of carbonyl (C=O) groups excluding carboxylic acids is 3. The molecule has 5 fully saturated rings. The molecular weight excluding hydrogens is 715 g/mol. The van der Waals surface area contributed by atoms with Crippen LogP contribution in [0, 0.1) is 11.3 Å². The number of hydrogen-bond donors (Lipinski definition) is 2. The number of aromatic nitrogens is 2. The van der Waals surface area contributed by atoms with Crippen LogP contribution in [-0.2, 0) is 19.8 Å². The fourth-order valence-electron chi connectivity index (χ4n) is 10.3. The first-order chi connectivity index (χ1) is 27.8. The predicted molar refractivity (Wildman–Crippen MR) is 220 cm³/mol. The van der Waals surface area contributed by atoms with E-state index < -0.39 is 5.41 Å². The molecule has 11 nitrogen and oxygen atoms in total. The molecule has 3 amide bonds. The van der Waals surface area contributed by atoms with E-state index in [-0.39, 0.29) is 34.8 Å². The highest BCUT2D eigenvalue weighted by Gasteiger charge is 2.53. The van der Waals surface area contributed by atoms with Crippen molar-refractivity contribution in [3.05, 3.63) is 102 Å². The SMILES string of the molecule is O=C1CCC(c2cccc(N3CCC(CN4CCC5(CC4)CN(C(=O)C4(c6ccccc6)CCN(c6cnnc(-c7ccccc7O)c6)CC4)C5)CC3)c2)C(=O)N1. The second-order valence-electron chi connectivity index (χ2n) is 17.2. The Hall–Kier alpha value is -5.29. The van der Waals surface area contributed by atoms with Crippen molar-refractivity contribution in [2.24, 2.45) is 11.3 Å². The number of nitrogens with zero attached hydrogens (tertiary/aromatic N) is 6. The summed E-state index contributed by atoms with van der Waals surface area (Å²) in [6.07, 6.45) is 8.80. The number of phenolic OH excluding ortho intramolecular Hbond substituents is 1. The lowest BCUT2D eigenvalue weighted by Gasteiger charge is -2.57. The number of nitrogens with one attached hydrogen (secondary N) is 1. The Morgan fingerprint density at radius 3 is 2.23 bits per heavy atom. The summed E-state index contributed by atoms with van der Waals surface area (Å²) in [7, 11) is 0. The van der Waals surface area contributed by atoms with Gasteiger partial charge in [-0.3, -0.25) is 19.7 Å². The van der Waals surface area contributed by atoms with Gasteiger partial charge in [0.1, 0.15) is 5.75 Å². The highest BCUT2D eigenvalue weighted by atomic mass is 16.3. The molecule has 1 unspecified atom stereocenters. The molecule has 4 aromatic rings. The minimum absolute atomic E-state index is 0.175. The van der Waals surface area contributed by atoms with E-state index in [2.05, 4.69) is 71.5 Å². The van der Waals surface area contributed by atoms with E-state index in [1.54, 1.807) is 18.3 Å². The number of amides is 3. The molecule has 6 heterocycles. The van der Waals surface area contributed by atoms with Gasteiger partial charge in [0.05, 0.1) is 28.9 Å². The average Bonchev–Trinajstić information content (AvgIpc) is 3.24. The third-order valence-corrected chi connectivity index (χ3v) is 13.8. The predicted octanol–water partition coefficient (Wildman–Crippen LogP) is 5.75. The van der Waals surface area contributed by atoms with Gasteiger partial charge >= 0.3 is 0 Å². The maximum Gasteiger partial charge on any atom is 0.234 e. The van der Waals surface area contributed by atoms with Crippen LogP contribution < -0.4 is 15.1 Å². The van der Waals surface area contributed by atoms with E-state index in [9.17, 15) is 19.5 Å². The number of para-hydroxylation sites is 1. The number of rotatable bonds is 8. The van der Waals surface area contributed by atoms with Crippen molar-refractivity contribution in [1.29, 1.82) is 0 Å². The summed E-state index contributed by atoms with van der Waals surface area (Å²) < 4.78 is 0. The molecule has 0 saturated carbocycles. The van der Waals surface area contributed by atoms with Gasteiger partial charge in [-0.1, -0.05) is 54.6 Å². The van der Waals surface area contributed by atoms with Gasteiger partial charge in [-0.15, -0.1) is 0 Å². The monoisotopic (exact) mass is 767 g/mol. The average molecular weight is 768 g/mol. The van der Waals surface area contributed by atoms with Gasteiger partial charge in [-0.05, 0) is 105 Å². The van der Waals surface area contributed by atoms with Crippen LogP contribution in [0.25, 0.3) is 11.3 Å². The maximum atomic E-state index is 14.6. The molecule has 296 valence electrons. The number of piperidine rings is 4. The zero-order chi connectivity index (χ0) is 39.0. The molecule has 9 rings (SSSR count). The summed E-state index contributed by atoms with van der Waals surface area (Å²) >= 11 is 0. The molecule has 1 atom stereocenters. The summed E-state index contributed by atoms with van der Waals surface area (Å²) in [6, 6.07) is 27.9. The first-order valence-corrected chi connectivity index (χ1v) is 20.9. The molecule has 1 spiro atoms. The lowest BCUT2D eigenvalue weighted by Crippen LogP contribution is -2.66. The minimum Gasteiger partial charge on any atom is -0.507 e. The molecule has 57 heavy (non-hydrogen) atoms. The molecular formula is C46H53N7O4. The van der Waals surface area contributed by atoms with Crippen LogP contribution >= 0.6 is 0 Å². The van der Waals surface area contributed by atoms with Gasteiger partial charge in [0.2, 0.25) is 17.7 Å². The van der Waals surface area contributed by atoms with Crippen LogP contribution in [0.15, 0.2) is 91.1 Å². The number of imide groups is 1. The lowest BCUT2D eigenvalue weighted by molar-refractivity contribution is -0.154. The van der Waals surface area contributed by atoms with Gasteiger partial charge in [0.15, 0.2) is 0 Å². The first-order valence-electron chi connectivity index (χ1n) is 20.9. The molecule has 11 heteroatoms. The van der Waals surface area contributed by atoms with Crippen LogP contribution in [0.5, 0.6) is 5.75 Å². The van der Waals surface area contributed by atoms with E-state index in [0.717, 1.165) is 114 Å². The molecule has 5 aliphatic rings. The summed E-state index contributed by atoms with van der Waals surface area (Å²) in [5.41, 5.74) is 5.20. The van der Waals surface area contributed by atoms with Crippen LogP contribution in [0.3, 0.4) is 0 Å². The lowest BCUT2D eigenvalue weighted by atomic mass is 9.67. The Balaban J connectivity index is 0.773. The number of carbonyl (C=O) groups is 3. The number of anilines is 2. The Morgan fingerprint density at radius 2 is 1.49 bits per heavy atom. The van der Waals surface area contributed by atoms with Gasteiger partial charge in [0, 0.05) is 68.9 Å². The third kappa shape index (κ3) is 7.49. The van der Waals surface area contributed by atoms with Crippen molar-refractivity contribution in [2.45, 2.75) is 62.7 Å². The number of aromatic hydroxyl groups is 1. The molecule has 5 aliphatic heterocycles. The van der Waals surface area contributed by atoms with E-state index in [1.165, 1.54) is 5.69 Å². The Kier molecular flexibility index (Phi) is 10.2. The maximum absolute atomic E-state index is 14.6. The van der Waals surface area contributed by atoms with Crippen LogP contribution in [-0.4, -0.2) is 102 Å². The van der Waals surface area contributed by atoms with Gasteiger partial charge < -0.3 is 24.7 Å². The summed E-state index contributed by atoms with van der Waals surface area (Å²) in [6.45, 7) is 8.52. The first kappa shape index (κ1) is 37.3. The zero-order valence-corrected chi connectivity index (χ0v) is 32.7. The fraction of sp³-hybridized carbons (Fsp3) is 0.457. The van der Waals surface area contributed by atoms with Crippen LogP contribution in [0.4, 0.5) is 11.4 Å². The fourth-order valence-corrected chi connectivity index (χ4v) is 10.3. The number of phenols is 1. The second kappa shape index (κ2) is 15.6. The number of hydrogen-bond acceptors (Lipinski definition) is 9. The summed E-state index contributed by atoms with van der Waals surface area (Å²) in [5.74, 6) is 0.519. The number of benzene rings is 3. The van der Waals surface area contributed by atoms with Crippen molar-refractivity contribution in [2.75, 3.05) is 68.7 Å².